The van der Waals surface area contributed by atoms with Gasteiger partial charge in [-0.15, -0.1) is 0 Å². The normalized spacial score (nSPS) is 10.8. The fourth-order valence-electron chi connectivity index (χ4n) is 1.88. The molecular weight excluding hydrogens is 308 g/mol. The molecule has 0 saturated carbocycles. The summed E-state index contributed by atoms with van der Waals surface area (Å²) < 4.78 is 2.33. The molecule has 3 rings (SSSR count). The Balaban J connectivity index is 2.32. The number of aromatic nitrogens is 3. The molecule has 0 fully saturated rings. The number of para-hydroxylation sites is 1. The number of hydrogen-bond donors (Lipinski definition) is 1. The Labute approximate surface area is 117 Å². The summed E-state index contributed by atoms with van der Waals surface area (Å²) in [5.74, 6) is -0.100. The summed E-state index contributed by atoms with van der Waals surface area (Å²) in [6, 6.07) is 9.27. The molecule has 0 saturated heterocycles. The van der Waals surface area contributed by atoms with E-state index >= 15 is 0 Å². The predicted octanol–water partition coefficient (Wildman–Crippen LogP) is 2.28. The highest BCUT2D eigenvalue weighted by Gasteiger charge is 2.14. The number of benzene rings is 1. The summed E-state index contributed by atoms with van der Waals surface area (Å²) in [4.78, 5) is 16.0. The van der Waals surface area contributed by atoms with Gasteiger partial charge in [0.05, 0.1) is 21.7 Å². The van der Waals surface area contributed by atoms with Crippen molar-refractivity contribution in [3.05, 3.63) is 52.8 Å². The van der Waals surface area contributed by atoms with Gasteiger partial charge in [-0.3, -0.25) is 4.79 Å². The van der Waals surface area contributed by atoms with Crippen LogP contribution in [-0.2, 0) is 0 Å². The van der Waals surface area contributed by atoms with Crippen LogP contribution in [0.2, 0.25) is 0 Å². The predicted molar refractivity (Wildman–Crippen MR) is 75.1 cm³/mol. The molecule has 94 valence electrons. The molecule has 1 aromatic carbocycles. The molecule has 0 aliphatic rings. The lowest BCUT2D eigenvalue weighted by Gasteiger charge is -2.07. The third kappa shape index (κ3) is 2.10. The van der Waals surface area contributed by atoms with Gasteiger partial charge in [-0.25, -0.2) is 9.67 Å². The summed E-state index contributed by atoms with van der Waals surface area (Å²) in [6.07, 6.45) is 3.35. The summed E-state index contributed by atoms with van der Waals surface area (Å²) in [6.45, 7) is 0. The van der Waals surface area contributed by atoms with Gasteiger partial charge in [-0.05, 0) is 28.1 Å². The molecule has 19 heavy (non-hydrogen) atoms. The minimum absolute atomic E-state index is 0.342. The number of primary amides is 1. The molecule has 0 bridgehead atoms. The fraction of sp³-hybridized carbons (Fsp3) is 0. The second-order valence-electron chi connectivity index (χ2n) is 4.02. The zero-order valence-electron chi connectivity index (χ0n) is 9.75. The van der Waals surface area contributed by atoms with Crippen LogP contribution in [0.5, 0.6) is 0 Å². The number of hydrogen-bond acceptors (Lipinski definition) is 3. The van der Waals surface area contributed by atoms with E-state index in [2.05, 4.69) is 26.0 Å². The summed E-state index contributed by atoms with van der Waals surface area (Å²) in [5.41, 5.74) is 6.55. The van der Waals surface area contributed by atoms with Crippen molar-refractivity contribution >= 4 is 32.7 Å². The Morgan fingerprint density at radius 3 is 2.79 bits per heavy atom. The van der Waals surface area contributed by atoms with E-state index in [0.29, 0.717) is 11.4 Å². The Hall–Kier alpha value is -2.21. The number of carbonyl (C=O) groups excluding carboxylic acids is 1. The quantitative estimate of drug-likeness (QED) is 0.788. The van der Waals surface area contributed by atoms with E-state index in [-0.39, 0.29) is 0 Å². The molecule has 2 N–H and O–H groups in total. The van der Waals surface area contributed by atoms with Gasteiger partial charge in [0.25, 0.3) is 5.91 Å². The van der Waals surface area contributed by atoms with Crippen molar-refractivity contribution in [2.24, 2.45) is 5.73 Å². The molecule has 6 heteroatoms. The van der Waals surface area contributed by atoms with E-state index in [1.165, 1.54) is 4.68 Å². The number of fused-ring (bicyclic) bond motifs is 1. The Kier molecular flexibility index (Phi) is 2.79. The fourth-order valence-corrected chi connectivity index (χ4v) is 2.16. The Morgan fingerprint density at radius 2 is 2.11 bits per heavy atom. The number of rotatable bonds is 2. The maximum Gasteiger partial charge on any atom is 0.252 e. The molecule has 0 aliphatic carbocycles. The first-order chi connectivity index (χ1) is 9.15. The van der Waals surface area contributed by atoms with Crippen LogP contribution in [0.3, 0.4) is 0 Å². The number of halogens is 1. The molecule has 3 aromatic rings. The molecule has 0 aliphatic heterocycles. The summed E-state index contributed by atoms with van der Waals surface area (Å²) in [5, 5.41) is 5.00. The van der Waals surface area contributed by atoms with Gasteiger partial charge >= 0.3 is 0 Å². The van der Waals surface area contributed by atoms with Crippen LogP contribution in [0.4, 0.5) is 0 Å². The largest absolute Gasteiger partial charge is 0.365 e. The van der Waals surface area contributed by atoms with Crippen molar-refractivity contribution in [1.29, 1.82) is 0 Å². The maximum absolute atomic E-state index is 11.6. The minimum atomic E-state index is -0.528. The van der Waals surface area contributed by atoms with Crippen molar-refractivity contribution in [3.8, 4) is 5.82 Å². The van der Waals surface area contributed by atoms with Crippen LogP contribution in [0.1, 0.15) is 10.4 Å². The SMILES string of the molecule is NC(=O)c1cc2ccccc2nc1-n1cc(Br)cn1. The first-order valence-corrected chi connectivity index (χ1v) is 6.34. The van der Waals surface area contributed by atoms with Gasteiger partial charge in [0.2, 0.25) is 0 Å². The molecule has 2 aromatic heterocycles. The zero-order chi connectivity index (χ0) is 13.4. The highest BCUT2D eigenvalue weighted by atomic mass is 79.9. The van der Waals surface area contributed by atoms with E-state index in [4.69, 9.17) is 5.73 Å². The number of pyridine rings is 1. The lowest BCUT2D eigenvalue weighted by molar-refractivity contribution is 0.1000. The van der Waals surface area contributed by atoms with Crippen LogP contribution >= 0.6 is 15.9 Å². The van der Waals surface area contributed by atoms with E-state index in [1.54, 1.807) is 18.5 Å². The standard InChI is InChI=1S/C13H9BrN4O/c14-9-6-16-18(7-9)13-10(12(15)19)5-8-3-1-2-4-11(8)17-13/h1-7H,(H2,15,19). The second kappa shape index (κ2) is 4.47. The van der Waals surface area contributed by atoms with E-state index in [9.17, 15) is 4.79 Å². The average Bonchev–Trinajstić information content (AvgIpc) is 2.83. The van der Waals surface area contributed by atoms with E-state index in [1.807, 2.05) is 24.3 Å². The molecule has 0 unspecified atom stereocenters. The van der Waals surface area contributed by atoms with Crippen LogP contribution in [0.15, 0.2) is 47.2 Å². The van der Waals surface area contributed by atoms with Gasteiger partial charge < -0.3 is 5.73 Å². The summed E-state index contributed by atoms with van der Waals surface area (Å²) >= 11 is 3.31. The van der Waals surface area contributed by atoms with E-state index < -0.39 is 5.91 Å². The van der Waals surface area contributed by atoms with Crippen molar-refractivity contribution in [2.45, 2.75) is 0 Å². The first kappa shape index (κ1) is 11.9. The van der Waals surface area contributed by atoms with E-state index in [0.717, 1.165) is 15.4 Å². The van der Waals surface area contributed by atoms with Crippen LogP contribution < -0.4 is 5.73 Å². The number of nitrogens with zero attached hydrogens (tertiary/aromatic N) is 3. The number of amides is 1. The van der Waals surface area contributed by atoms with Gasteiger partial charge in [0.1, 0.15) is 0 Å². The lowest BCUT2D eigenvalue weighted by Crippen LogP contribution is -2.16. The highest BCUT2D eigenvalue weighted by molar-refractivity contribution is 9.10. The first-order valence-electron chi connectivity index (χ1n) is 5.55. The van der Waals surface area contributed by atoms with Gasteiger partial charge in [0, 0.05) is 11.6 Å². The number of carbonyl (C=O) groups is 1. The van der Waals surface area contributed by atoms with Gasteiger partial charge in [-0.2, -0.15) is 5.10 Å². The van der Waals surface area contributed by atoms with Crippen LogP contribution in [0, 0.1) is 0 Å². The third-order valence-corrected chi connectivity index (χ3v) is 3.15. The molecule has 0 spiro atoms. The van der Waals surface area contributed by atoms with Crippen molar-refractivity contribution in [2.75, 3.05) is 0 Å². The Morgan fingerprint density at radius 1 is 1.32 bits per heavy atom. The van der Waals surface area contributed by atoms with Gasteiger partial charge in [-0.1, -0.05) is 18.2 Å². The number of nitrogens with two attached hydrogens (primary N) is 1. The monoisotopic (exact) mass is 316 g/mol. The maximum atomic E-state index is 11.6. The molecule has 2 heterocycles. The molecular formula is C13H9BrN4O. The second-order valence-corrected chi connectivity index (χ2v) is 4.94. The molecule has 5 nitrogen and oxygen atoms in total. The highest BCUT2D eigenvalue weighted by Crippen LogP contribution is 2.20. The molecule has 0 atom stereocenters. The van der Waals surface area contributed by atoms with Crippen molar-refractivity contribution in [1.82, 2.24) is 14.8 Å². The van der Waals surface area contributed by atoms with Crippen LogP contribution in [0.25, 0.3) is 16.7 Å². The lowest BCUT2D eigenvalue weighted by atomic mass is 10.1. The Bertz CT molecular complexity index is 781. The molecule has 0 radical (unpaired) electrons. The zero-order valence-corrected chi connectivity index (χ0v) is 11.3. The topological polar surface area (TPSA) is 73.8 Å². The van der Waals surface area contributed by atoms with Crippen LogP contribution in [-0.4, -0.2) is 20.7 Å². The van der Waals surface area contributed by atoms with Crippen molar-refractivity contribution in [3.63, 3.8) is 0 Å². The van der Waals surface area contributed by atoms with Gasteiger partial charge in [0.15, 0.2) is 5.82 Å². The summed E-state index contributed by atoms with van der Waals surface area (Å²) in [7, 11) is 0. The average molecular weight is 317 g/mol. The molecule has 1 amide bonds. The third-order valence-electron chi connectivity index (χ3n) is 2.74. The van der Waals surface area contributed by atoms with Crippen molar-refractivity contribution < 1.29 is 4.79 Å². The minimum Gasteiger partial charge on any atom is -0.365 e. The smallest absolute Gasteiger partial charge is 0.252 e.